The van der Waals surface area contributed by atoms with E-state index in [0.717, 1.165) is 6.42 Å². The van der Waals surface area contributed by atoms with Crippen molar-refractivity contribution < 1.29 is 5.11 Å². The summed E-state index contributed by atoms with van der Waals surface area (Å²) < 4.78 is 0. The molecule has 0 amide bonds. The topological polar surface area (TPSA) is 20.2 Å². The molecule has 0 aliphatic heterocycles. The molecule has 0 heterocycles. The van der Waals surface area contributed by atoms with Crippen molar-refractivity contribution in [1.82, 2.24) is 0 Å². The van der Waals surface area contributed by atoms with E-state index in [1.807, 2.05) is 0 Å². The van der Waals surface area contributed by atoms with Crippen molar-refractivity contribution in [3.8, 4) is 0 Å². The number of hydrogen-bond acceptors (Lipinski definition) is 2. The summed E-state index contributed by atoms with van der Waals surface area (Å²) >= 11 is 1.80. The molecule has 1 rings (SSSR count). The number of aliphatic hydroxyl groups is 1. The summed E-state index contributed by atoms with van der Waals surface area (Å²) in [7, 11) is 0. The Balaban J connectivity index is 2.30. The first kappa shape index (κ1) is 7.42. The molecule has 0 saturated heterocycles. The fourth-order valence-electron chi connectivity index (χ4n) is 1.35. The maximum Gasteiger partial charge on any atom is 0.0658 e. The van der Waals surface area contributed by atoms with Gasteiger partial charge in [-0.05, 0) is 19.1 Å². The molecule has 1 N–H and O–H groups in total. The van der Waals surface area contributed by atoms with Crippen LogP contribution in [0.5, 0.6) is 0 Å². The Hall–Kier alpha value is 0.310. The number of aliphatic hydroxyl groups excluding tert-OH is 1. The third kappa shape index (κ3) is 1.87. The Morgan fingerprint density at radius 2 is 2.00 bits per heavy atom. The summed E-state index contributed by atoms with van der Waals surface area (Å²) in [5.74, 6) is 0. The van der Waals surface area contributed by atoms with Crippen LogP contribution in [0.3, 0.4) is 0 Å². The van der Waals surface area contributed by atoms with Gasteiger partial charge in [-0.25, -0.2) is 0 Å². The van der Waals surface area contributed by atoms with Crippen molar-refractivity contribution in [3.63, 3.8) is 0 Å². The highest BCUT2D eigenvalue weighted by Gasteiger charge is 2.21. The first-order valence-electron chi connectivity index (χ1n) is 3.55. The van der Waals surface area contributed by atoms with E-state index in [1.54, 1.807) is 11.8 Å². The molecule has 1 aliphatic rings. The Bertz CT molecular complexity index is 85.0. The molecule has 2 heteroatoms. The minimum absolute atomic E-state index is 0.0197. The van der Waals surface area contributed by atoms with Gasteiger partial charge in [-0.15, -0.1) is 0 Å². The maximum atomic E-state index is 9.35. The third-order valence-corrected chi connectivity index (χ3v) is 3.13. The van der Waals surface area contributed by atoms with Gasteiger partial charge in [-0.3, -0.25) is 0 Å². The maximum absolute atomic E-state index is 9.35. The van der Waals surface area contributed by atoms with Gasteiger partial charge in [-0.2, -0.15) is 11.8 Å². The second-order valence-electron chi connectivity index (χ2n) is 2.63. The molecule has 54 valence electrons. The molecule has 0 unspecified atom stereocenters. The summed E-state index contributed by atoms with van der Waals surface area (Å²) in [5.41, 5.74) is 0. The van der Waals surface area contributed by atoms with E-state index in [9.17, 15) is 5.11 Å². The molecule has 9 heavy (non-hydrogen) atoms. The van der Waals surface area contributed by atoms with Crippen molar-refractivity contribution >= 4 is 11.8 Å². The van der Waals surface area contributed by atoms with E-state index in [-0.39, 0.29) is 6.10 Å². The van der Waals surface area contributed by atoms with Gasteiger partial charge in [-0.1, -0.05) is 12.8 Å². The minimum Gasteiger partial charge on any atom is -0.392 e. The van der Waals surface area contributed by atoms with Gasteiger partial charge in [0.1, 0.15) is 0 Å². The molecule has 1 nitrogen and oxygen atoms in total. The zero-order chi connectivity index (χ0) is 6.69. The van der Waals surface area contributed by atoms with Gasteiger partial charge in [0.05, 0.1) is 6.10 Å². The SMILES string of the molecule is CS[C@H]1CCCC[C@H]1O. The average Bonchev–Trinajstić information content (AvgIpc) is 1.89. The molecule has 0 aromatic rings. The van der Waals surface area contributed by atoms with E-state index in [0.29, 0.717) is 5.25 Å². The molecule has 1 saturated carbocycles. The largest absolute Gasteiger partial charge is 0.392 e. The van der Waals surface area contributed by atoms with E-state index in [1.165, 1.54) is 19.3 Å². The van der Waals surface area contributed by atoms with Crippen molar-refractivity contribution in [2.45, 2.75) is 37.0 Å². The fourth-order valence-corrected chi connectivity index (χ4v) is 2.20. The molecular weight excluding hydrogens is 132 g/mol. The van der Waals surface area contributed by atoms with Gasteiger partial charge >= 0.3 is 0 Å². The Morgan fingerprint density at radius 3 is 2.44 bits per heavy atom. The van der Waals surface area contributed by atoms with Crippen molar-refractivity contribution in [2.75, 3.05) is 6.26 Å². The van der Waals surface area contributed by atoms with Crippen LogP contribution in [-0.2, 0) is 0 Å². The number of hydrogen-bond donors (Lipinski definition) is 1. The summed E-state index contributed by atoms with van der Waals surface area (Å²) in [6.45, 7) is 0. The van der Waals surface area contributed by atoms with Crippen LogP contribution in [-0.4, -0.2) is 22.7 Å². The quantitative estimate of drug-likeness (QED) is 0.607. The Morgan fingerprint density at radius 1 is 1.33 bits per heavy atom. The van der Waals surface area contributed by atoms with Crippen molar-refractivity contribution in [1.29, 1.82) is 0 Å². The van der Waals surface area contributed by atoms with Gasteiger partial charge in [0.15, 0.2) is 0 Å². The lowest BCUT2D eigenvalue weighted by Gasteiger charge is -2.25. The molecule has 0 aromatic heterocycles. The summed E-state index contributed by atoms with van der Waals surface area (Å²) in [4.78, 5) is 0. The molecule has 1 fully saturated rings. The molecule has 0 aromatic carbocycles. The van der Waals surface area contributed by atoms with E-state index in [4.69, 9.17) is 0 Å². The van der Waals surface area contributed by atoms with Gasteiger partial charge < -0.3 is 5.11 Å². The predicted molar refractivity (Wildman–Crippen MR) is 41.8 cm³/mol. The summed E-state index contributed by atoms with van der Waals surface area (Å²) in [6, 6.07) is 0. The highest BCUT2D eigenvalue weighted by Crippen LogP contribution is 2.26. The predicted octanol–water partition coefficient (Wildman–Crippen LogP) is 1.65. The molecule has 1 aliphatic carbocycles. The van der Waals surface area contributed by atoms with Crippen LogP contribution in [0.25, 0.3) is 0 Å². The van der Waals surface area contributed by atoms with E-state index >= 15 is 0 Å². The zero-order valence-corrected chi connectivity index (χ0v) is 6.66. The van der Waals surface area contributed by atoms with Crippen LogP contribution >= 0.6 is 11.8 Å². The number of rotatable bonds is 1. The van der Waals surface area contributed by atoms with Crippen LogP contribution in [0, 0.1) is 0 Å². The average molecular weight is 146 g/mol. The molecule has 0 spiro atoms. The normalized spacial score (nSPS) is 36.7. The van der Waals surface area contributed by atoms with Crippen molar-refractivity contribution in [3.05, 3.63) is 0 Å². The zero-order valence-electron chi connectivity index (χ0n) is 5.84. The van der Waals surface area contributed by atoms with Crippen LogP contribution in [0.4, 0.5) is 0 Å². The van der Waals surface area contributed by atoms with E-state index in [2.05, 4.69) is 6.26 Å². The highest BCUT2D eigenvalue weighted by molar-refractivity contribution is 7.99. The van der Waals surface area contributed by atoms with Gasteiger partial charge in [0.25, 0.3) is 0 Å². The smallest absolute Gasteiger partial charge is 0.0658 e. The summed E-state index contributed by atoms with van der Waals surface area (Å²) in [6.07, 6.45) is 6.82. The summed E-state index contributed by atoms with van der Waals surface area (Å²) in [5, 5.41) is 9.87. The van der Waals surface area contributed by atoms with Crippen molar-refractivity contribution in [2.24, 2.45) is 0 Å². The standard InChI is InChI=1S/C7H14OS/c1-9-7-5-3-2-4-6(7)8/h6-8H,2-5H2,1H3/t6-,7+/m1/s1. The fraction of sp³-hybridized carbons (Fsp3) is 1.00. The van der Waals surface area contributed by atoms with E-state index < -0.39 is 0 Å². The minimum atomic E-state index is -0.0197. The molecule has 0 radical (unpaired) electrons. The number of thioether (sulfide) groups is 1. The van der Waals surface area contributed by atoms with Crippen LogP contribution in [0.2, 0.25) is 0 Å². The lowest BCUT2D eigenvalue weighted by atomic mass is 9.97. The van der Waals surface area contributed by atoms with Crippen LogP contribution < -0.4 is 0 Å². The van der Waals surface area contributed by atoms with Crippen LogP contribution in [0.15, 0.2) is 0 Å². The molecule has 0 bridgehead atoms. The third-order valence-electron chi connectivity index (χ3n) is 1.97. The first-order chi connectivity index (χ1) is 4.34. The lowest BCUT2D eigenvalue weighted by Crippen LogP contribution is -2.26. The highest BCUT2D eigenvalue weighted by atomic mass is 32.2. The monoisotopic (exact) mass is 146 g/mol. The van der Waals surface area contributed by atoms with Crippen LogP contribution in [0.1, 0.15) is 25.7 Å². The molecular formula is C7H14OS. The van der Waals surface area contributed by atoms with Gasteiger partial charge in [0, 0.05) is 5.25 Å². The first-order valence-corrected chi connectivity index (χ1v) is 4.84. The second-order valence-corrected chi connectivity index (χ2v) is 3.70. The second kappa shape index (κ2) is 3.47. The lowest BCUT2D eigenvalue weighted by molar-refractivity contribution is 0.137. The van der Waals surface area contributed by atoms with Gasteiger partial charge in [0.2, 0.25) is 0 Å². The Kier molecular flexibility index (Phi) is 2.86. The Labute approximate surface area is 60.8 Å². The molecule has 2 atom stereocenters.